The van der Waals surface area contributed by atoms with E-state index in [1.165, 1.54) is 0 Å². The zero-order valence-corrected chi connectivity index (χ0v) is 21.2. The second-order valence-corrected chi connectivity index (χ2v) is 10.5. The highest BCUT2D eigenvalue weighted by Crippen LogP contribution is 2.49. The molecule has 182 valence electrons. The first-order valence-corrected chi connectivity index (χ1v) is 13.1. The van der Waals surface area contributed by atoms with Crippen LogP contribution in [0.5, 0.6) is 5.75 Å². The minimum absolute atomic E-state index is 0.0646. The molecule has 0 spiro atoms. The Hall–Kier alpha value is -3.08. The monoisotopic (exact) mass is 517 g/mol. The second-order valence-electron chi connectivity index (χ2n) is 9.63. The summed E-state index contributed by atoms with van der Waals surface area (Å²) in [6.45, 7) is 0.292. The predicted molar refractivity (Wildman–Crippen MR) is 142 cm³/mol. The molecular weight excluding hydrogens is 493 g/mol. The molecule has 1 heterocycles. The molecule has 0 atom stereocenters. The molecule has 3 aromatic carbocycles. The number of halogens is 2. The van der Waals surface area contributed by atoms with Gasteiger partial charge in [0.15, 0.2) is 11.6 Å². The highest BCUT2D eigenvalue weighted by molar-refractivity contribution is 6.35. The van der Waals surface area contributed by atoms with E-state index in [2.05, 4.69) is 23.5 Å². The Kier molecular flexibility index (Phi) is 6.10. The topological polar surface area (TPSA) is 55.4 Å². The number of carbonyl (C=O) groups is 2. The smallest absolute Gasteiger partial charge is 0.161 e. The molecule has 2 aliphatic carbocycles. The first-order valence-electron chi connectivity index (χ1n) is 12.4. The largest absolute Gasteiger partial charge is 0.487 e. The number of fused-ring (bicyclic) bond motifs is 1. The van der Waals surface area contributed by atoms with Crippen LogP contribution in [-0.2, 0) is 16.2 Å². The first kappa shape index (κ1) is 23.3. The van der Waals surface area contributed by atoms with Crippen LogP contribution >= 0.6 is 23.2 Å². The molecule has 1 aliphatic heterocycles. The van der Waals surface area contributed by atoms with Gasteiger partial charge in [0.1, 0.15) is 12.4 Å². The van der Waals surface area contributed by atoms with Crippen LogP contribution in [0.25, 0.3) is 10.8 Å². The molecule has 4 nitrogen and oxygen atoms in total. The lowest BCUT2D eigenvalue weighted by Crippen LogP contribution is -2.36. The average Bonchev–Trinajstić information content (AvgIpc) is 2.87. The van der Waals surface area contributed by atoms with Crippen LogP contribution < -0.4 is 10.1 Å². The van der Waals surface area contributed by atoms with Crippen LogP contribution in [0.2, 0.25) is 10.0 Å². The van der Waals surface area contributed by atoms with E-state index in [1.54, 1.807) is 12.1 Å². The molecule has 0 saturated carbocycles. The summed E-state index contributed by atoms with van der Waals surface area (Å²) < 4.78 is 6.42. The molecule has 0 radical (unpaired) electrons. The molecule has 6 heteroatoms. The maximum absolute atomic E-state index is 13.3. The highest BCUT2D eigenvalue weighted by atomic mass is 35.5. The number of rotatable bonds is 4. The minimum Gasteiger partial charge on any atom is -0.487 e. The van der Waals surface area contributed by atoms with Crippen LogP contribution in [-0.4, -0.2) is 11.6 Å². The van der Waals surface area contributed by atoms with Crippen molar-refractivity contribution in [3.05, 3.63) is 98.3 Å². The van der Waals surface area contributed by atoms with E-state index >= 15 is 0 Å². The number of ketones is 2. The molecule has 0 unspecified atom stereocenters. The molecule has 0 fully saturated rings. The number of ether oxygens (including phenoxy) is 1. The zero-order valence-electron chi connectivity index (χ0n) is 19.7. The van der Waals surface area contributed by atoms with Crippen molar-refractivity contribution in [1.29, 1.82) is 0 Å². The number of Topliss-reactive ketones (excluding diaryl/α,β-unsaturated/α-hetero) is 2. The molecule has 0 amide bonds. The van der Waals surface area contributed by atoms with E-state index in [-0.39, 0.29) is 11.6 Å². The zero-order chi connectivity index (χ0) is 24.8. The second kappa shape index (κ2) is 9.42. The number of allylic oxidation sites excluding steroid dienone is 4. The van der Waals surface area contributed by atoms with Gasteiger partial charge in [0, 0.05) is 51.9 Å². The van der Waals surface area contributed by atoms with Crippen molar-refractivity contribution in [2.45, 2.75) is 51.0 Å². The number of dihydropyridines is 1. The van der Waals surface area contributed by atoms with Gasteiger partial charge in [-0.05, 0) is 54.2 Å². The Morgan fingerprint density at radius 2 is 1.50 bits per heavy atom. The minimum atomic E-state index is -0.532. The van der Waals surface area contributed by atoms with E-state index in [9.17, 15) is 9.59 Å². The molecular formula is C30H25Cl2NO3. The van der Waals surface area contributed by atoms with Crippen LogP contribution in [0, 0.1) is 0 Å². The van der Waals surface area contributed by atoms with Gasteiger partial charge in [-0.15, -0.1) is 0 Å². The van der Waals surface area contributed by atoms with Crippen LogP contribution in [0.3, 0.4) is 0 Å². The summed E-state index contributed by atoms with van der Waals surface area (Å²) in [4.78, 5) is 26.5. The lowest BCUT2D eigenvalue weighted by atomic mass is 9.71. The number of benzene rings is 3. The summed E-state index contributed by atoms with van der Waals surface area (Å²) >= 11 is 13.2. The standard InChI is InChI=1S/C30H25Cl2NO3/c31-19-14-21(27-28-23(10-4-12-25(28)34)33-24-11-5-13-26(35)29(24)27)30(22(32)15-19)36-16-18-8-3-7-17-6-1-2-9-20(17)18/h1-3,6-9,14-15,27,33H,4-5,10-13,16H2. The van der Waals surface area contributed by atoms with Crippen molar-refractivity contribution in [3.8, 4) is 5.75 Å². The number of nitrogens with one attached hydrogen (secondary N) is 1. The maximum atomic E-state index is 13.3. The average molecular weight is 518 g/mol. The Bertz CT molecular complexity index is 1440. The van der Waals surface area contributed by atoms with Gasteiger partial charge in [-0.2, -0.15) is 0 Å². The molecule has 0 aromatic heterocycles. The van der Waals surface area contributed by atoms with Gasteiger partial charge in [-0.3, -0.25) is 9.59 Å². The van der Waals surface area contributed by atoms with Crippen molar-refractivity contribution >= 4 is 45.5 Å². The van der Waals surface area contributed by atoms with Gasteiger partial charge in [0.2, 0.25) is 0 Å². The molecule has 36 heavy (non-hydrogen) atoms. The molecule has 6 rings (SSSR count). The molecule has 3 aliphatic rings. The summed E-state index contributed by atoms with van der Waals surface area (Å²) in [5.41, 5.74) is 4.85. The number of carbonyl (C=O) groups excluding carboxylic acids is 2. The summed E-state index contributed by atoms with van der Waals surface area (Å²) in [7, 11) is 0. The SMILES string of the molecule is O=C1CCCC2=C1C(c1cc(Cl)cc(Cl)c1OCc1cccc3ccccc13)C1=C(CCCC1=O)N2. The summed E-state index contributed by atoms with van der Waals surface area (Å²) in [5.74, 6) is 0.0662. The fourth-order valence-corrected chi connectivity index (χ4v) is 6.37. The molecule has 0 saturated heterocycles. The Morgan fingerprint density at radius 1 is 0.833 bits per heavy atom. The van der Waals surface area contributed by atoms with Gasteiger partial charge < -0.3 is 10.1 Å². The molecule has 0 bridgehead atoms. The van der Waals surface area contributed by atoms with E-state index in [0.29, 0.717) is 52.0 Å². The van der Waals surface area contributed by atoms with Gasteiger partial charge in [-0.25, -0.2) is 0 Å². The summed E-state index contributed by atoms with van der Waals surface area (Å²) in [6.07, 6.45) is 4.10. The van der Waals surface area contributed by atoms with E-state index in [1.807, 2.05) is 24.3 Å². The van der Waals surface area contributed by atoms with E-state index in [4.69, 9.17) is 27.9 Å². The Morgan fingerprint density at radius 3 is 2.22 bits per heavy atom. The van der Waals surface area contributed by atoms with Gasteiger partial charge in [0.05, 0.1) is 5.02 Å². The van der Waals surface area contributed by atoms with Crippen molar-refractivity contribution in [2.75, 3.05) is 0 Å². The number of hydrogen-bond acceptors (Lipinski definition) is 4. The normalized spacial score (nSPS) is 18.3. The van der Waals surface area contributed by atoms with Crippen LogP contribution in [0.4, 0.5) is 0 Å². The van der Waals surface area contributed by atoms with Crippen LogP contribution in [0.15, 0.2) is 77.1 Å². The molecule has 3 aromatic rings. The first-order chi connectivity index (χ1) is 17.5. The third-order valence-corrected chi connectivity index (χ3v) is 7.89. The summed E-state index contributed by atoms with van der Waals surface area (Å²) in [6, 6.07) is 17.7. The van der Waals surface area contributed by atoms with Crippen molar-refractivity contribution in [3.63, 3.8) is 0 Å². The van der Waals surface area contributed by atoms with Crippen molar-refractivity contribution in [2.24, 2.45) is 0 Å². The van der Waals surface area contributed by atoms with Gasteiger partial charge in [0.25, 0.3) is 0 Å². The Balaban J connectivity index is 1.48. The maximum Gasteiger partial charge on any atom is 0.161 e. The van der Waals surface area contributed by atoms with Crippen LogP contribution in [0.1, 0.15) is 55.6 Å². The fourth-order valence-electron chi connectivity index (χ4n) is 5.81. The quantitative estimate of drug-likeness (QED) is 0.390. The fraction of sp³-hybridized carbons (Fsp3) is 0.267. The predicted octanol–water partition coefficient (Wildman–Crippen LogP) is 7.43. The summed E-state index contributed by atoms with van der Waals surface area (Å²) in [5, 5.41) is 6.50. The van der Waals surface area contributed by atoms with Gasteiger partial charge in [-0.1, -0.05) is 65.7 Å². The lowest BCUT2D eigenvalue weighted by molar-refractivity contribution is -0.116. The highest BCUT2D eigenvalue weighted by Gasteiger charge is 2.41. The lowest BCUT2D eigenvalue weighted by Gasteiger charge is -2.37. The van der Waals surface area contributed by atoms with Gasteiger partial charge >= 0.3 is 0 Å². The number of hydrogen-bond donors (Lipinski definition) is 1. The third-order valence-electron chi connectivity index (χ3n) is 7.39. The Labute approximate surface area is 219 Å². The molecule has 1 N–H and O–H groups in total. The van der Waals surface area contributed by atoms with E-state index < -0.39 is 5.92 Å². The van der Waals surface area contributed by atoms with Crippen molar-refractivity contribution in [1.82, 2.24) is 5.32 Å². The van der Waals surface area contributed by atoms with Crippen molar-refractivity contribution < 1.29 is 14.3 Å². The third kappa shape index (κ3) is 4.03. The van der Waals surface area contributed by atoms with E-state index in [0.717, 1.165) is 53.4 Å².